The summed E-state index contributed by atoms with van der Waals surface area (Å²) in [5.41, 5.74) is 1.79. The fourth-order valence-electron chi connectivity index (χ4n) is 1.69. The van der Waals surface area contributed by atoms with Crippen LogP contribution in [0.25, 0.3) is 0 Å². The molecule has 20 heavy (non-hydrogen) atoms. The Morgan fingerprint density at radius 1 is 1.35 bits per heavy atom. The Hall–Kier alpha value is -1.95. The molecule has 0 aliphatic carbocycles. The molecule has 2 rings (SSSR count). The van der Waals surface area contributed by atoms with E-state index in [9.17, 15) is 9.18 Å². The van der Waals surface area contributed by atoms with Gasteiger partial charge in [0.2, 0.25) is 5.91 Å². The Balaban J connectivity index is 1.74. The minimum absolute atomic E-state index is 0.0340. The Labute approximate surface area is 121 Å². The monoisotopic (exact) mass is 293 g/mol. The van der Waals surface area contributed by atoms with Gasteiger partial charge in [-0.3, -0.25) is 4.79 Å². The quantitative estimate of drug-likeness (QED) is 0.860. The van der Waals surface area contributed by atoms with Gasteiger partial charge in [-0.1, -0.05) is 12.1 Å². The topological polar surface area (TPSA) is 54.0 Å². The van der Waals surface area contributed by atoms with Gasteiger partial charge in [0.15, 0.2) is 5.13 Å². The average Bonchev–Trinajstić information content (AvgIpc) is 2.92. The number of halogens is 1. The second-order valence-electron chi connectivity index (χ2n) is 4.30. The number of anilines is 1. The first-order valence-corrected chi connectivity index (χ1v) is 7.18. The van der Waals surface area contributed by atoms with E-state index >= 15 is 0 Å². The maximum absolute atomic E-state index is 12.7. The first-order chi connectivity index (χ1) is 9.67. The van der Waals surface area contributed by atoms with E-state index in [-0.39, 0.29) is 11.7 Å². The number of amides is 1. The van der Waals surface area contributed by atoms with E-state index in [1.807, 2.05) is 12.4 Å². The second-order valence-corrected chi connectivity index (χ2v) is 5.16. The third-order valence-electron chi connectivity index (χ3n) is 2.79. The smallest absolute Gasteiger partial charge is 0.220 e. The molecule has 0 saturated carbocycles. The van der Waals surface area contributed by atoms with Gasteiger partial charge in [0, 0.05) is 18.8 Å². The standard InChI is InChI=1S/C14H16FN3OS/c1-16-14-18-12(9-20-14)8-17-13(19)7-4-10-2-5-11(15)6-3-10/h2-3,5-6,9H,4,7-8H2,1H3,(H,16,18)(H,17,19). The normalized spacial score (nSPS) is 10.3. The van der Waals surface area contributed by atoms with Crippen LogP contribution in [-0.2, 0) is 17.8 Å². The number of thiazole rings is 1. The van der Waals surface area contributed by atoms with E-state index < -0.39 is 0 Å². The predicted molar refractivity (Wildman–Crippen MR) is 78.2 cm³/mol. The van der Waals surface area contributed by atoms with Gasteiger partial charge in [0.25, 0.3) is 0 Å². The molecule has 6 heteroatoms. The van der Waals surface area contributed by atoms with Crippen molar-refractivity contribution in [2.45, 2.75) is 19.4 Å². The summed E-state index contributed by atoms with van der Waals surface area (Å²) in [6.07, 6.45) is 0.986. The number of aromatic nitrogens is 1. The number of carbonyl (C=O) groups excluding carboxylic acids is 1. The third kappa shape index (κ3) is 4.31. The molecular weight excluding hydrogens is 277 g/mol. The fourth-order valence-corrected chi connectivity index (χ4v) is 2.36. The van der Waals surface area contributed by atoms with Gasteiger partial charge in [-0.2, -0.15) is 0 Å². The lowest BCUT2D eigenvalue weighted by Gasteiger charge is -2.03. The molecule has 4 nitrogen and oxygen atoms in total. The molecule has 0 unspecified atom stereocenters. The summed E-state index contributed by atoms with van der Waals surface area (Å²) >= 11 is 1.50. The average molecular weight is 293 g/mol. The largest absolute Gasteiger partial charge is 0.365 e. The summed E-state index contributed by atoms with van der Waals surface area (Å²) in [6, 6.07) is 6.20. The van der Waals surface area contributed by atoms with Crippen LogP contribution in [0.2, 0.25) is 0 Å². The van der Waals surface area contributed by atoms with E-state index in [1.54, 1.807) is 12.1 Å². The van der Waals surface area contributed by atoms with Crippen LogP contribution >= 0.6 is 11.3 Å². The maximum atomic E-state index is 12.7. The van der Waals surface area contributed by atoms with Crippen molar-refractivity contribution < 1.29 is 9.18 Å². The van der Waals surface area contributed by atoms with Crippen LogP contribution in [0, 0.1) is 5.82 Å². The van der Waals surface area contributed by atoms with Gasteiger partial charge < -0.3 is 10.6 Å². The first-order valence-electron chi connectivity index (χ1n) is 6.30. The van der Waals surface area contributed by atoms with Crippen molar-refractivity contribution in [2.75, 3.05) is 12.4 Å². The second kappa shape index (κ2) is 7.00. The molecule has 0 spiro atoms. The SMILES string of the molecule is CNc1nc(CNC(=O)CCc2ccc(F)cc2)cs1. The molecule has 0 saturated heterocycles. The van der Waals surface area contributed by atoms with Crippen LogP contribution in [-0.4, -0.2) is 17.9 Å². The lowest BCUT2D eigenvalue weighted by atomic mass is 10.1. The molecule has 0 bridgehead atoms. The molecule has 0 atom stereocenters. The maximum Gasteiger partial charge on any atom is 0.220 e. The van der Waals surface area contributed by atoms with Crippen LogP contribution in [0.3, 0.4) is 0 Å². The number of hydrogen-bond donors (Lipinski definition) is 2. The summed E-state index contributed by atoms with van der Waals surface area (Å²) in [5, 5.41) is 8.51. The number of hydrogen-bond acceptors (Lipinski definition) is 4. The molecule has 1 heterocycles. The number of rotatable bonds is 6. The summed E-state index contributed by atoms with van der Waals surface area (Å²) in [6.45, 7) is 0.431. The van der Waals surface area contributed by atoms with Gasteiger partial charge in [-0.25, -0.2) is 9.37 Å². The van der Waals surface area contributed by atoms with Crippen LogP contribution < -0.4 is 10.6 Å². The van der Waals surface area contributed by atoms with E-state index in [0.29, 0.717) is 19.4 Å². The van der Waals surface area contributed by atoms with Gasteiger partial charge in [-0.15, -0.1) is 11.3 Å². The molecule has 1 aromatic carbocycles. The van der Waals surface area contributed by atoms with E-state index in [4.69, 9.17) is 0 Å². The molecule has 0 radical (unpaired) electrons. The predicted octanol–water partition coefficient (Wildman–Crippen LogP) is 2.57. The van der Waals surface area contributed by atoms with Crippen LogP contribution in [0.5, 0.6) is 0 Å². The summed E-state index contributed by atoms with van der Waals surface area (Å²) in [7, 11) is 1.81. The van der Waals surface area contributed by atoms with Crippen molar-refractivity contribution >= 4 is 22.4 Å². The van der Waals surface area contributed by atoms with Crippen LogP contribution in [0.15, 0.2) is 29.6 Å². The van der Waals surface area contributed by atoms with Crippen LogP contribution in [0.4, 0.5) is 9.52 Å². The zero-order chi connectivity index (χ0) is 14.4. The molecule has 0 fully saturated rings. The fraction of sp³-hybridized carbons (Fsp3) is 0.286. The Morgan fingerprint density at radius 2 is 2.10 bits per heavy atom. The molecule has 1 amide bonds. The zero-order valence-corrected chi connectivity index (χ0v) is 12.0. The minimum Gasteiger partial charge on any atom is -0.365 e. The summed E-state index contributed by atoms with van der Waals surface area (Å²) < 4.78 is 12.7. The van der Waals surface area contributed by atoms with Gasteiger partial charge in [0.1, 0.15) is 5.82 Å². The highest BCUT2D eigenvalue weighted by atomic mass is 32.1. The number of nitrogens with one attached hydrogen (secondary N) is 2. The molecule has 1 aromatic heterocycles. The number of aryl methyl sites for hydroxylation is 1. The first kappa shape index (κ1) is 14.5. The summed E-state index contributed by atoms with van der Waals surface area (Å²) in [4.78, 5) is 16.0. The third-order valence-corrected chi connectivity index (χ3v) is 3.69. The number of carbonyl (C=O) groups is 1. The number of nitrogens with zero attached hydrogens (tertiary/aromatic N) is 1. The van der Waals surface area contributed by atoms with Crippen molar-refractivity contribution in [3.63, 3.8) is 0 Å². The van der Waals surface area contributed by atoms with Crippen molar-refractivity contribution in [1.82, 2.24) is 10.3 Å². The molecule has 2 aromatic rings. The lowest BCUT2D eigenvalue weighted by molar-refractivity contribution is -0.121. The zero-order valence-electron chi connectivity index (χ0n) is 11.1. The van der Waals surface area contributed by atoms with Crippen molar-refractivity contribution in [3.8, 4) is 0 Å². The Morgan fingerprint density at radius 3 is 2.75 bits per heavy atom. The Kier molecular flexibility index (Phi) is 5.06. The highest BCUT2D eigenvalue weighted by molar-refractivity contribution is 7.13. The highest BCUT2D eigenvalue weighted by Crippen LogP contribution is 2.14. The van der Waals surface area contributed by atoms with E-state index in [2.05, 4.69) is 15.6 Å². The molecular formula is C14H16FN3OS. The van der Waals surface area contributed by atoms with Crippen molar-refractivity contribution in [1.29, 1.82) is 0 Å². The molecule has 0 aliphatic heterocycles. The molecule has 106 valence electrons. The van der Waals surface area contributed by atoms with Gasteiger partial charge >= 0.3 is 0 Å². The van der Waals surface area contributed by atoms with Crippen molar-refractivity contribution in [3.05, 3.63) is 46.7 Å². The highest BCUT2D eigenvalue weighted by Gasteiger charge is 2.05. The minimum atomic E-state index is -0.262. The molecule has 2 N–H and O–H groups in total. The lowest BCUT2D eigenvalue weighted by Crippen LogP contribution is -2.23. The van der Waals surface area contributed by atoms with Gasteiger partial charge in [0.05, 0.1) is 12.2 Å². The van der Waals surface area contributed by atoms with E-state index in [0.717, 1.165) is 16.4 Å². The summed E-state index contributed by atoms with van der Waals surface area (Å²) in [5.74, 6) is -0.296. The Bertz CT molecular complexity index is 568. The molecule has 0 aliphatic rings. The number of benzene rings is 1. The van der Waals surface area contributed by atoms with Gasteiger partial charge in [-0.05, 0) is 24.1 Å². The van der Waals surface area contributed by atoms with Crippen molar-refractivity contribution in [2.24, 2.45) is 0 Å². The van der Waals surface area contributed by atoms with Crippen LogP contribution in [0.1, 0.15) is 17.7 Å². The van der Waals surface area contributed by atoms with E-state index in [1.165, 1.54) is 23.5 Å².